The highest BCUT2D eigenvalue weighted by atomic mass is 16.6. The first kappa shape index (κ1) is 16.0. The summed E-state index contributed by atoms with van der Waals surface area (Å²) in [7, 11) is 1.57. The number of aromatic nitrogens is 1. The Morgan fingerprint density at radius 3 is 2.50 bits per heavy atom. The van der Waals surface area contributed by atoms with E-state index in [1.165, 1.54) is 0 Å². The predicted molar refractivity (Wildman–Crippen MR) is 83.4 cm³/mol. The highest BCUT2D eigenvalue weighted by Crippen LogP contribution is 2.21. The molecule has 0 unspecified atom stereocenters. The van der Waals surface area contributed by atoms with Crippen molar-refractivity contribution in [3.8, 4) is 0 Å². The summed E-state index contributed by atoms with van der Waals surface area (Å²) in [6.07, 6.45) is 3.33. The van der Waals surface area contributed by atoms with E-state index in [-0.39, 0.29) is 12.0 Å². The average molecular weight is 303 g/mol. The Morgan fingerprint density at radius 2 is 2.00 bits per heavy atom. The normalized spacial score (nSPS) is 14.2. The minimum Gasteiger partial charge on any atom is -0.444 e. The fourth-order valence-corrected chi connectivity index (χ4v) is 1.98. The van der Waals surface area contributed by atoms with Gasteiger partial charge in [-0.15, -0.1) is 0 Å². The first-order chi connectivity index (χ1) is 10.3. The van der Waals surface area contributed by atoms with Crippen LogP contribution in [0.15, 0.2) is 23.9 Å². The zero-order valence-electron chi connectivity index (χ0n) is 13.3. The van der Waals surface area contributed by atoms with Crippen LogP contribution in [0.1, 0.15) is 36.8 Å². The van der Waals surface area contributed by atoms with Gasteiger partial charge < -0.3 is 15.0 Å². The number of rotatable bonds is 2. The second kappa shape index (κ2) is 6.17. The molecule has 0 radical (unpaired) electrons. The van der Waals surface area contributed by atoms with E-state index in [1.807, 2.05) is 32.9 Å². The fourth-order valence-electron chi connectivity index (χ4n) is 1.98. The second-order valence-corrected chi connectivity index (χ2v) is 6.19. The van der Waals surface area contributed by atoms with Crippen LogP contribution in [0.5, 0.6) is 0 Å². The van der Waals surface area contributed by atoms with Gasteiger partial charge in [-0.05, 0) is 38.0 Å². The van der Waals surface area contributed by atoms with Gasteiger partial charge in [0.15, 0.2) is 0 Å². The minimum atomic E-state index is -0.476. The standard InChI is InChI=1S/C16H21N3O3/c1-16(2,3)22-15(21)19-9-12(10-19)7-11-5-6-13(18-8-11)14(20)17-4/h5-8H,9-10H2,1-4H3,(H,17,20). The van der Waals surface area contributed by atoms with E-state index >= 15 is 0 Å². The molecule has 0 bridgehead atoms. The monoisotopic (exact) mass is 303 g/mol. The topological polar surface area (TPSA) is 71.5 Å². The summed E-state index contributed by atoms with van der Waals surface area (Å²) in [6.45, 7) is 6.67. The quantitative estimate of drug-likeness (QED) is 0.908. The Morgan fingerprint density at radius 1 is 1.32 bits per heavy atom. The van der Waals surface area contributed by atoms with Gasteiger partial charge in [0.1, 0.15) is 11.3 Å². The van der Waals surface area contributed by atoms with E-state index in [2.05, 4.69) is 10.3 Å². The third-order valence-corrected chi connectivity index (χ3v) is 3.06. The molecule has 6 heteroatoms. The third-order valence-electron chi connectivity index (χ3n) is 3.06. The van der Waals surface area contributed by atoms with Gasteiger partial charge in [-0.25, -0.2) is 4.79 Å². The molecule has 0 saturated carbocycles. The van der Waals surface area contributed by atoms with Crippen LogP contribution in [0.25, 0.3) is 6.08 Å². The second-order valence-electron chi connectivity index (χ2n) is 6.19. The van der Waals surface area contributed by atoms with Gasteiger partial charge in [0.25, 0.3) is 5.91 Å². The van der Waals surface area contributed by atoms with E-state index in [0.29, 0.717) is 18.8 Å². The number of hydrogen-bond donors (Lipinski definition) is 1. The Balaban J connectivity index is 1.91. The van der Waals surface area contributed by atoms with E-state index in [9.17, 15) is 9.59 Å². The number of nitrogens with zero attached hydrogens (tertiary/aromatic N) is 2. The van der Waals surface area contributed by atoms with Crippen LogP contribution in [0, 0.1) is 0 Å². The van der Waals surface area contributed by atoms with Gasteiger partial charge >= 0.3 is 6.09 Å². The zero-order valence-corrected chi connectivity index (χ0v) is 13.3. The molecule has 1 aromatic rings. The number of amides is 2. The van der Waals surface area contributed by atoms with Gasteiger partial charge in [0.05, 0.1) is 0 Å². The Labute approximate surface area is 130 Å². The van der Waals surface area contributed by atoms with Crippen molar-refractivity contribution in [3.63, 3.8) is 0 Å². The summed E-state index contributed by atoms with van der Waals surface area (Å²) in [6, 6.07) is 3.51. The summed E-state index contributed by atoms with van der Waals surface area (Å²) >= 11 is 0. The lowest BCUT2D eigenvalue weighted by Crippen LogP contribution is -2.46. The van der Waals surface area contributed by atoms with Crippen LogP contribution in [0.4, 0.5) is 4.79 Å². The average Bonchev–Trinajstić information content (AvgIpc) is 2.40. The predicted octanol–water partition coefficient (Wildman–Crippen LogP) is 2.08. The lowest BCUT2D eigenvalue weighted by Gasteiger charge is -2.35. The van der Waals surface area contributed by atoms with Gasteiger partial charge in [-0.1, -0.05) is 12.1 Å². The maximum absolute atomic E-state index is 11.8. The number of carbonyl (C=O) groups is 2. The highest BCUT2D eigenvalue weighted by Gasteiger charge is 2.29. The van der Waals surface area contributed by atoms with Crippen LogP contribution in [-0.2, 0) is 4.74 Å². The van der Waals surface area contributed by atoms with E-state index in [4.69, 9.17) is 4.74 Å². The number of ether oxygens (including phenoxy) is 1. The number of likely N-dealkylation sites (tertiary alicyclic amines) is 1. The van der Waals surface area contributed by atoms with Gasteiger partial charge in [0, 0.05) is 26.3 Å². The summed E-state index contributed by atoms with van der Waals surface area (Å²) in [5, 5.41) is 2.53. The molecule has 22 heavy (non-hydrogen) atoms. The van der Waals surface area contributed by atoms with Crippen LogP contribution in [0.2, 0.25) is 0 Å². The zero-order chi connectivity index (χ0) is 16.3. The summed E-state index contributed by atoms with van der Waals surface area (Å²) in [5.74, 6) is -0.209. The maximum Gasteiger partial charge on any atom is 0.410 e. The van der Waals surface area contributed by atoms with Crippen molar-refractivity contribution in [2.45, 2.75) is 26.4 Å². The van der Waals surface area contributed by atoms with Crippen LogP contribution in [0.3, 0.4) is 0 Å². The molecule has 0 spiro atoms. The van der Waals surface area contributed by atoms with E-state index < -0.39 is 5.60 Å². The van der Waals surface area contributed by atoms with Gasteiger partial charge in [-0.3, -0.25) is 9.78 Å². The molecular weight excluding hydrogens is 282 g/mol. The van der Waals surface area contributed by atoms with Gasteiger partial charge in [0.2, 0.25) is 0 Å². The molecule has 118 valence electrons. The molecule has 2 amide bonds. The molecule has 1 N–H and O–H groups in total. The first-order valence-corrected chi connectivity index (χ1v) is 7.14. The van der Waals surface area contributed by atoms with Crippen molar-refractivity contribution < 1.29 is 14.3 Å². The van der Waals surface area contributed by atoms with E-state index in [0.717, 1.165) is 11.1 Å². The first-order valence-electron chi connectivity index (χ1n) is 7.14. The van der Waals surface area contributed by atoms with Crippen LogP contribution >= 0.6 is 0 Å². The number of carbonyl (C=O) groups excluding carboxylic acids is 2. The molecule has 6 nitrogen and oxygen atoms in total. The molecule has 0 aromatic carbocycles. The number of nitrogens with one attached hydrogen (secondary N) is 1. The number of pyridine rings is 1. The van der Waals surface area contributed by atoms with E-state index in [1.54, 1.807) is 24.2 Å². The van der Waals surface area contributed by atoms with Crippen molar-refractivity contribution in [2.75, 3.05) is 20.1 Å². The molecule has 2 heterocycles. The third kappa shape index (κ3) is 4.07. The number of hydrogen-bond acceptors (Lipinski definition) is 4. The lowest BCUT2D eigenvalue weighted by molar-refractivity contribution is 0.0216. The SMILES string of the molecule is CNC(=O)c1ccc(C=C2CN(C(=O)OC(C)(C)C)C2)cn1. The van der Waals surface area contributed by atoms with Crippen LogP contribution < -0.4 is 5.32 Å². The molecule has 1 aliphatic rings. The van der Waals surface area contributed by atoms with Crippen molar-refractivity contribution in [1.82, 2.24) is 15.2 Å². The van der Waals surface area contributed by atoms with Gasteiger partial charge in [-0.2, -0.15) is 0 Å². The minimum absolute atomic E-state index is 0.209. The maximum atomic E-state index is 11.8. The molecule has 0 atom stereocenters. The van der Waals surface area contributed by atoms with Crippen molar-refractivity contribution in [1.29, 1.82) is 0 Å². The van der Waals surface area contributed by atoms with Crippen molar-refractivity contribution >= 4 is 18.1 Å². The molecule has 1 fully saturated rings. The Bertz CT molecular complexity index is 592. The Hall–Kier alpha value is -2.37. The molecule has 1 saturated heterocycles. The smallest absolute Gasteiger partial charge is 0.410 e. The van der Waals surface area contributed by atoms with Crippen LogP contribution in [-0.4, -0.2) is 47.6 Å². The van der Waals surface area contributed by atoms with Crippen molar-refractivity contribution in [3.05, 3.63) is 35.2 Å². The largest absolute Gasteiger partial charge is 0.444 e. The molecule has 1 aliphatic heterocycles. The Kier molecular flexibility index (Phi) is 4.49. The summed E-state index contributed by atoms with van der Waals surface area (Å²) in [5.41, 5.74) is 1.94. The van der Waals surface area contributed by atoms with Crippen molar-refractivity contribution in [2.24, 2.45) is 0 Å². The molecule has 0 aliphatic carbocycles. The molecule has 2 rings (SSSR count). The molecule has 1 aromatic heterocycles. The summed E-state index contributed by atoms with van der Waals surface area (Å²) < 4.78 is 5.30. The fraction of sp³-hybridized carbons (Fsp3) is 0.438. The lowest BCUT2D eigenvalue weighted by atomic mass is 10.1. The summed E-state index contributed by atoms with van der Waals surface area (Å²) in [4.78, 5) is 29.0. The highest BCUT2D eigenvalue weighted by molar-refractivity contribution is 5.92. The molecular formula is C16H21N3O3.